The fourth-order valence-corrected chi connectivity index (χ4v) is 4.82. The Bertz CT molecular complexity index is 797. The Kier molecular flexibility index (Phi) is 7.87. The van der Waals surface area contributed by atoms with E-state index in [1.165, 1.54) is 29.8 Å². The van der Waals surface area contributed by atoms with Gasteiger partial charge >= 0.3 is 0 Å². The third kappa shape index (κ3) is 6.16. The van der Waals surface area contributed by atoms with E-state index in [0.717, 1.165) is 32.6 Å². The molecule has 0 bridgehead atoms. The summed E-state index contributed by atoms with van der Waals surface area (Å²) in [7, 11) is 2.10. The lowest BCUT2D eigenvalue weighted by molar-refractivity contribution is -0.133. The van der Waals surface area contributed by atoms with Crippen LogP contribution >= 0.6 is 0 Å². The van der Waals surface area contributed by atoms with Crippen LogP contribution in [0.25, 0.3) is 0 Å². The van der Waals surface area contributed by atoms with Crippen molar-refractivity contribution in [1.82, 2.24) is 15.1 Å². The number of benzene rings is 1. The largest absolute Gasteiger partial charge is 0.351 e. The van der Waals surface area contributed by atoms with Crippen LogP contribution in [0.3, 0.4) is 0 Å². The first-order valence-electron chi connectivity index (χ1n) is 11.4. The van der Waals surface area contributed by atoms with Crippen LogP contribution in [0.1, 0.15) is 44.0 Å². The summed E-state index contributed by atoms with van der Waals surface area (Å²) in [6.07, 6.45) is 3.81. The maximum atomic E-state index is 13.1. The standard InChI is InChI=1S/C25H36FN3O2/c1-17(2)23-14-20(15-24(30)29-11-9-28(4)10-12-29)18(3)13-21(23)16-27-25(31)19-5-7-22(26)8-6-19/h5-8,13,17,20-21,23H,9-12,14-16H2,1-4H3,(H,27,31)/t20-,21-,23-/m0/s1. The minimum absolute atomic E-state index is 0.180. The molecule has 1 aromatic carbocycles. The molecule has 1 aliphatic heterocycles. The van der Waals surface area contributed by atoms with Crippen LogP contribution in [0.15, 0.2) is 35.9 Å². The molecule has 1 fully saturated rings. The van der Waals surface area contributed by atoms with Crippen molar-refractivity contribution in [1.29, 1.82) is 0 Å². The van der Waals surface area contributed by atoms with Crippen LogP contribution in [0, 0.1) is 29.5 Å². The van der Waals surface area contributed by atoms with Gasteiger partial charge in [-0.05, 0) is 68.3 Å². The van der Waals surface area contributed by atoms with E-state index in [1.54, 1.807) is 0 Å². The van der Waals surface area contributed by atoms with Crippen LogP contribution in [0.2, 0.25) is 0 Å². The first-order valence-corrected chi connectivity index (χ1v) is 11.4. The molecule has 5 nitrogen and oxygen atoms in total. The maximum absolute atomic E-state index is 13.1. The van der Waals surface area contributed by atoms with Crippen LogP contribution in [-0.2, 0) is 4.79 Å². The van der Waals surface area contributed by atoms with Gasteiger partial charge in [-0.3, -0.25) is 9.59 Å². The second-order valence-corrected chi connectivity index (χ2v) is 9.52. The Balaban J connectivity index is 1.61. The maximum Gasteiger partial charge on any atom is 0.251 e. The molecule has 1 N–H and O–H groups in total. The van der Waals surface area contributed by atoms with Gasteiger partial charge in [0.2, 0.25) is 5.91 Å². The van der Waals surface area contributed by atoms with Gasteiger partial charge in [-0.25, -0.2) is 4.39 Å². The Labute approximate surface area is 185 Å². The van der Waals surface area contributed by atoms with E-state index >= 15 is 0 Å². The molecule has 1 aliphatic carbocycles. The number of carbonyl (C=O) groups excluding carboxylic acids is 2. The highest BCUT2D eigenvalue weighted by Crippen LogP contribution is 2.39. The lowest BCUT2D eigenvalue weighted by Gasteiger charge is -2.38. The smallest absolute Gasteiger partial charge is 0.251 e. The number of halogens is 1. The van der Waals surface area contributed by atoms with Gasteiger partial charge in [0.25, 0.3) is 5.91 Å². The highest BCUT2D eigenvalue weighted by Gasteiger charge is 2.33. The fraction of sp³-hybridized carbons (Fsp3) is 0.600. The molecule has 1 saturated heterocycles. The lowest BCUT2D eigenvalue weighted by Crippen LogP contribution is -2.47. The Morgan fingerprint density at radius 1 is 1.13 bits per heavy atom. The number of amides is 2. The van der Waals surface area contributed by atoms with Crippen molar-refractivity contribution in [2.75, 3.05) is 39.8 Å². The van der Waals surface area contributed by atoms with Gasteiger partial charge in [-0.2, -0.15) is 0 Å². The van der Waals surface area contributed by atoms with Crippen molar-refractivity contribution in [3.63, 3.8) is 0 Å². The van der Waals surface area contributed by atoms with Crippen LogP contribution in [0.4, 0.5) is 4.39 Å². The summed E-state index contributed by atoms with van der Waals surface area (Å²) in [5, 5.41) is 3.02. The number of rotatable bonds is 6. The average molecular weight is 430 g/mol. The third-order valence-electron chi connectivity index (χ3n) is 6.97. The van der Waals surface area contributed by atoms with Crippen molar-refractivity contribution in [3.8, 4) is 0 Å². The number of allylic oxidation sites excluding steroid dienone is 1. The minimum atomic E-state index is -0.348. The molecule has 1 heterocycles. The number of hydrogen-bond acceptors (Lipinski definition) is 3. The number of hydrogen-bond donors (Lipinski definition) is 1. The zero-order valence-electron chi connectivity index (χ0n) is 19.2. The molecular weight excluding hydrogens is 393 g/mol. The molecule has 0 spiro atoms. The van der Waals surface area contributed by atoms with E-state index in [2.05, 4.69) is 44.1 Å². The van der Waals surface area contributed by atoms with Gasteiger partial charge < -0.3 is 15.1 Å². The van der Waals surface area contributed by atoms with Crippen LogP contribution in [0.5, 0.6) is 0 Å². The molecule has 2 amide bonds. The normalized spacial score (nSPS) is 24.8. The summed E-state index contributed by atoms with van der Waals surface area (Å²) < 4.78 is 13.1. The highest BCUT2D eigenvalue weighted by molar-refractivity contribution is 5.94. The second kappa shape index (κ2) is 10.4. The summed E-state index contributed by atoms with van der Waals surface area (Å²) in [5.74, 6) is 1.10. The van der Waals surface area contributed by atoms with Gasteiger partial charge in [0.15, 0.2) is 0 Å². The molecule has 2 aliphatic rings. The molecule has 3 rings (SSSR count). The SMILES string of the molecule is CC1=C[C@@H](CNC(=O)c2ccc(F)cc2)[C@H](C(C)C)C[C@H]1CC(=O)N1CCN(C)CC1. The van der Waals surface area contributed by atoms with Crippen molar-refractivity contribution in [2.24, 2.45) is 23.7 Å². The van der Waals surface area contributed by atoms with Crippen molar-refractivity contribution >= 4 is 11.8 Å². The van der Waals surface area contributed by atoms with Gasteiger partial charge in [0.05, 0.1) is 0 Å². The monoisotopic (exact) mass is 429 g/mol. The number of nitrogens with zero attached hydrogens (tertiary/aromatic N) is 2. The van der Waals surface area contributed by atoms with Crippen molar-refractivity contribution < 1.29 is 14.0 Å². The fourth-order valence-electron chi connectivity index (χ4n) is 4.82. The Morgan fingerprint density at radius 3 is 2.39 bits per heavy atom. The number of likely N-dealkylation sites (N-methyl/N-ethyl adjacent to an activating group) is 1. The van der Waals surface area contributed by atoms with Gasteiger partial charge in [-0.15, -0.1) is 0 Å². The molecule has 6 heteroatoms. The number of nitrogens with one attached hydrogen (secondary N) is 1. The molecular formula is C25H36FN3O2. The molecule has 170 valence electrons. The summed E-state index contributed by atoms with van der Waals surface area (Å²) in [4.78, 5) is 29.6. The van der Waals surface area contributed by atoms with E-state index in [4.69, 9.17) is 0 Å². The number of piperazine rings is 1. The predicted octanol–water partition coefficient (Wildman–Crippen LogP) is 3.57. The first-order chi connectivity index (χ1) is 14.7. The minimum Gasteiger partial charge on any atom is -0.351 e. The Morgan fingerprint density at radius 2 is 1.77 bits per heavy atom. The molecule has 3 atom stereocenters. The molecule has 0 unspecified atom stereocenters. The topological polar surface area (TPSA) is 52.7 Å². The summed E-state index contributed by atoms with van der Waals surface area (Å²) in [5.41, 5.74) is 1.72. The first kappa shape index (κ1) is 23.5. The van der Waals surface area contributed by atoms with Gasteiger partial charge in [0.1, 0.15) is 5.82 Å². The van der Waals surface area contributed by atoms with Gasteiger partial charge in [-0.1, -0.05) is 25.5 Å². The lowest BCUT2D eigenvalue weighted by atomic mass is 9.69. The van der Waals surface area contributed by atoms with E-state index in [9.17, 15) is 14.0 Å². The van der Waals surface area contributed by atoms with E-state index in [-0.39, 0.29) is 29.5 Å². The molecule has 31 heavy (non-hydrogen) atoms. The quantitative estimate of drug-likeness (QED) is 0.704. The summed E-state index contributed by atoms with van der Waals surface area (Å²) in [6, 6.07) is 5.62. The van der Waals surface area contributed by atoms with Crippen molar-refractivity contribution in [2.45, 2.75) is 33.6 Å². The molecule has 1 aromatic rings. The van der Waals surface area contributed by atoms with E-state index in [0.29, 0.717) is 30.4 Å². The zero-order chi connectivity index (χ0) is 22.5. The molecule has 0 saturated carbocycles. The third-order valence-corrected chi connectivity index (χ3v) is 6.97. The van der Waals surface area contributed by atoms with Crippen LogP contribution < -0.4 is 5.32 Å². The average Bonchev–Trinajstić information content (AvgIpc) is 2.74. The molecule has 0 aromatic heterocycles. The second-order valence-electron chi connectivity index (χ2n) is 9.52. The van der Waals surface area contributed by atoms with Crippen LogP contribution in [-0.4, -0.2) is 61.4 Å². The predicted molar refractivity (Wildman–Crippen MR) is 121 cm³/mol. The number of carbonyl (C=O) groups is 2. The molecule has 0 radical (unpaired) electrons. The Hall–Kier alpha value is -2.21. The van der Waals surface area contributed by atoms with E-state index < -0.39 is 0 Å². The van der Waals surface area contributed by atoms with E-state index in [1.807, 2.05) is 4.90 Å². The summed E-state index contributed by atoms with van der Waals surface area (Å²) in [6.45, 7) is 10.6. The summed E-state index contributed by atoms with van der Waals surface area (Å²) >= 11 is 0. The van der Waals surface area contributed by atoms with Gasteiger partial charge in [0, 0.05) is 44.7 Å². The highest BCUT2D eigenvalue weighted by atomic mass is 19.1. The zero-order valence-corrected chi connectivity index (χ0v) is 19.2. The van der Waals surface area contributed by atoms with Crippen molar-refractivity contribution in [3.05, 3.63) is 47.3 Å².